The van der Waals surface area contributed by atoms with E-state index in [0.29, 0.717) is 18.0 Å². The second-order valence-electron chi connectivity index (χ2n) is 4.65. The third-order valence-corrected chi connectivity index (χ3v) is 2.75. The van der Waals surface area contributed by atoms with Crippen LogP contribution in [0.2, 0.25) is 0 Å². The van der Waals surface area contributed by atoms with E-state index in [1.165, 1.54) is 13.2 Å². The number of nitrogens with zero attached hydrogens (tertiary/aromatic N) is 3. The number of ether oxygens (including phenoxy) is 1. The quantitative estimate of drug-likeness (QED) is 0.642. The zero-order valence-electron chi connectivity index (χ0n) is 12.0. The molecule has 0 aliphatic carbocycles. The lowest BCUT2D eigenvalue weighted by Gasteiger charge is -2.05. The number of nitro benzene ring substituents is 1. The van der Waals surface area contributed by atoms with E-state index in [1.54, 1.807) is 12.1 Å². The van der Waals surface area contributed by atoms with Gasteiger partial charge in [0.25, 0.3) is 5.89 Å². The van der Waals surface area contributed by atoms with Crippen molar-refractivity contribution in [2.24, 2.45) is 0 Å². The van der Waals surface area contributed by atoms with Gasteiger partial charge in [-0.25, -0.2) is 0 Å². The average Bonchev–Trinajstić information content (AvgIpc) is 2.92. The van der Waals surface area contributed by atoms with Crippen molar-refractivity contribution >= 4 is 5.69 Å². The van der Waals surface area contributed by atoms with Crippen molar-refractivity contribution in [2.45, 2.75) is 26.4 Å². The molecule has 0 aliphatic heterocycles. The number of aromatic nitrogens is 2. The fourth-order valence-corrected chi connectivity index (χ4v) is 1.78. The Morgan fingerprint density at radius 1 is 1.43 bits per heavy atom. The summed E-state index contributed by atoms with van der Waals surface area (Å²) in [6, 6.07) is 4.83. The van der Waals surface area contributed by atoms with Gasteiger partial charge in [-0.2, -0.15) is 0 Å². The molecule has 2 rings (SSSR count). The van der Waals surface area contributed by atoms with Gasteiger partial charge >= 0.3 is 5.69 Å². The largest absolute Gasteiger partial charge is 0.490 e. The van der Waals surface area contributed by atoms with E-state index < -0.39 is 4.92 Å². The lowest BCUT2D eigenvalue weighted by atomic mass is 10.1. The van der Waals surface area contributed by atoms with E-state index in [2.05, 4.69) is 15.5 Å². The maximum absolute atomic E-state index is 11.0. The van der Waals surface area contributed by atoms with Gasteiger partial charge in [0.1, 0.15) is 0 Å². The Labute approximate surface area is 121 Å². The summed E-state index contributed by atoms with van der Waals surface area (Å²) in [5.41, 5.74) is 0.255. The average molecular weight is 292 g/mol. The molecular formula is C13H16N4O4. The van der Waals surface area contributed by atoms with Gasteiger partial charge in [0.05, 0.1) is 24.1 Å². The predicted molar refractivity (Wildman–Crippen MR) is 74.9 cm³/mol. The van der Waals surface area contributed by atoms with Crippen molar-refractivity contribution in [3.05, 3.63) is 34.2 Å². The van der Waals surface area contributed by atoms with Gasteiger partial charge in [-0.1, -0.05) is 19.9 Å². The molecular weight excluding hydrogens is 276 g/mol. The van der Waals surface area contributed by atoms with E-state index in [1.807, 2.05) is 13.8 Å². The maximum atomic E-state index is 11.0. The van der Waals surface area contributed by atoms with Gasteiger partial charge in [-0.05, 0) is 6.07 Å². The van der Waals surface area contributed by atoms with Crippen molar-refractivity contribution in [1.29, 1.82) is 0 Å². The number of methoxy groups -OCH3 is 1. The van der Waals surface area contributed by atoms with Crippen LogP contribution in [-0.4, -0.2) is 28.3 Å². The molecule has 1 aromatic heterocycles. The zero-order valence-corrected chi connectivity index (χ0v) is 12.0. The highest BCUT2D eigenvalue weighted by molar-refractivity contribution is 5.69. The molecule has 21 heavy (non-hydrogen) atoms. The molecule has 2 aromatic rings. The van der Waals surface area contributed by atoms with Gasteiger partial charge in [0.2, 0.25) is 11.6 Å². The maximum Gasteiger partial charge on any atom is 0.311 e. The SMILES string of the molecule is COc1c(-c2nnc(CNC(C)C)o2)cccc1[N+](=O)[O-]. The molecule has 112 valence electrons. The number of nitrogens with one attached hydrogen (secondary N) is 1. The summed E-state index contributed by atoms with van der Waals surface area (Å²) in [6.45, 7) is 4.43. The number of para-hydroxylation sites is 1. The summed E-state index contributed by atoms with van der Waals surface area (Å²) in [4.78, 5) is 10.5. The summed E-state index contributed by atoms with van der Waals surface area (Å²) < 4.78 is 10.6. The van der Waals surface area contributed by atoms with Gasteiger partial charge < -0.3 is 14.5 Å². The van der Waals surface area contributed by atoms with Crippen LogP contribution in [0.4, 0.5) is 5.69 Å². The van der Waals surface area contributed by atoms with Crippen LogP contribution in [-0.2, 0) is 6.54 Å². The van der Waals surface area contributed by atoms with Crippen molar-refractivity contribution in [3.63, 3.8) is 0 Å². The van der Waals surface area contributed by atoms with Crippen LogP contribution in [0.1, 0.15) is 19.7 Å². The number of nitro groups is 1. The molecule has 0 radical (unpaired) electrons. The van der Waals surface area contributed by atoms with Crippen molar-refractivity contribution in [2.75, 3.05) is 7.11 Å². The highest BCUT2D eigenvalue weighted by atomic mass is 16.6. The lowest BCUT2D eigenvalue weighted by molar-refractivity contribution is -0.385. The third-order valence-electron chi connectivity index (χ3n) is 2.75. The van der Waals surface area contributed by atoms with Crippen LogP contribution < -0.4 is 10.1 Å². The van der Waals surface area contributed by atoms with Crippen molar-refractivity contribution < 1.29 is 14.1 Å². The minimum absolute atomic E-state index is 0.106. The van der Waals surface area contributed by atoms with Crippen LogP contribution in [0, 0.1) is 10.1 Å². The molecule has 0 fully saturated rings. The van der Waals surface area contributed by atoms with E-state index >= 15 is 0 Å². The molecule has 0 amide bonds. The number of rotatable bonds is 6. The van der Waals surface area contributed by atoms with E-state index in [-0.39, 0.29) is 23.4 Å². The molecule has 1 heterocycles. The monoisotopic (exact) mass is 292 g/mol. The Bertz CT molecular complexity index is 639. The molecule has 1 N–H and O–H groups in total. The van der Waals surface area contributed by atoms with Crippen molar-refractivity contribution in [3.8, 4) is 17.2 Å². The van der Waals surface area contributed by atoms with Crippen LogP contribution in [0.25, 0.3) is 11.5 Å². The smallest absolute Gasteiger partial charge is 0.311 e. The lowest BCUT2D eigenvalue weighted by Crippen LogP contribution is -2.21. The first-order valence-electron chi connectivity index (χ1n) is 6.40. The fourth-order valence-electron chi connectivity index (χ4n) is 1.78. The molecule has 8 heteroatoms. The molecule has 0 atom stereocenters. The van der Waals surface area contributed by atoms with E-state index in [0.717, 1.165) is 0 Å². The van der Waals surface area contributed by atoms with Crippen LogP contribution in [0.5, 0.6) is 5.75 Å². The van der Waals surface area contributed by atoms with E-state index in [9.17, 15) is 10.1 Å². The Kier molecular flexibility index (Phi) is 4.49. The van der Waals surface area contributed by atoms with Gasteiger partial charge in [-0.3, -0.25) is 10.1 Å². The van der Waals surface area contributed by atoms with Gasteiger partial charge in [-0.15, -0.1) is 10.2 Å². The topological polar surface area (TPSA) is 103 Å². The first-order chi connectivity index (χ1) is 10.0. The molecule has 0 saturated carbocycles. The number of hydrogen-bond donors (Lipinski definition) is 1. The summed E-state index contributed by atoms with van der Waals surface area (Å²) in [5, 5.41) is 22.0. The van der Waals surface area contributed by atoms with E-state index in [4.69, 9.17) is 9.15 Å². The molecule has 1 aromatic carbocycles. The number of hydrogen-bond acceptors (Lipinski definition) is 7. The Morgan fingerprint density at radius 2 is 2.19 bits per heavy atom. The van der Waals surface area contributed by atoms with Crippen molar-refractivity contribution in [1.82, 2.24) is 15.5 Å². The summed E-state index contributed by atoms with van der Waals surface area (Å²) >= 11 is 0. The highest BCUT2D eigenvalue weighted by Gasteiger charge is 2.22. The Hall–Kier alpha value is -2.48. The first-order valence-corrected chi connectivity index (χ1v) is 6.40. The second kappa shape index (κ2) is 6.31. The zero-order chi connectivity index (χ0) is 15.4. The Balaban J connectivity index is 2.34. The minimum Gasteiger partial charge on any atom is -0.490 e. The summed E-state index contributed by atoms with van der Waals surface area (Å²) in [6.07, 6.45) is 0. The minimum atomic E-state index is -0.514. The van der Waals surface area contributed by atoms with Crippen LogP contribution in [0.3, 0.4) is 0 Å². The van der Waals surface area contributed by atoms with Gasteiger partial charge in [0, 0.05) is 12.1 Å². The molecule has 0 saturated heterocycles. The highest BCUT2D eigenvalue weighted by Crippen LogP contribution is 2.36. The molecule has 0 unspecified atom stereocenters. The Morgan fingerprint density at radius 3 is 2.81 bits per heavy atom. The van der Waals surface area contributed by atoms with Gasteiger partial charge in [0.15, 0.2) is 0 Å². The standard InChI is InChI=1S/C13H16N4O4/c1-8(2)14-7-11-15-16-13(21-11)9-5-4-6-10(17(18)19)12(9)20-3/h4-6,8,14H,7H2,1-3H3. The molecule has 8 nitrogen and oxygen atoms in total. The number of benzene rings is 1. The summed E-state index contributed by atoms with van der Waals surface area (Å²) in [5.74, 6) is 0.706. The molecule has 0 spiro atoms. The van der Waals surface area contributed by atoms with Crippen LogP contribution in [0.15, 0.2) is 22.6 Å². The normalized spacial score (nSPS) is 10.9. The predicted octanol–water partition coefficient (Wildman–Crippen LogP) is 2.15. The van der Waals surface area contributed by atoms with Crippen LogP contribution >= 0.6 is 0 Å². The summed E-state index contributed by atoms with van der Waals surface area (Å²) in [7, 11) is 1.36. The third kappa shape index (κ3) is 3.34. The molecule has 0 bridgehead atoms. The first kappa shape index (κ1) is 14.9. The fraction of sp³-hybridized carbons (Fsp3) is 0.385. The molecule has 0 aliphatic rings. The second-order valence-corrected chi connectivity index (χ2v) is 4.65.